The molecule has 0 N–H and O–H groups in total. The average Bonchev–Trinajstić information content (AvgIpc) is 3.48. The maximum atomic E-state index is 5.99. The molecular formula is C21H21N3O4. The van der Waals surface area contributed by atoms with Gasteiger partial charge in [0.05, 0.1) is 18.6 Å². The van der Waals surface area contributed by atoms with Gasteiger partial charge >= 0.3 is 0 Å². The highest BCUT2D eigenvalue weighted by molar-refractivity contribution is 5.62. The minimum absolute atomic E-state index is 0.241. The van der Waals surface area contributed by atoms with Crippen molar-refractivity contribution in [1.82, 2.24) is 15.1 Å². The first-order valence-corrected chi connectivity index (χ1v) is 9.38. The molecule has 3 aromatic rings. The van der Waals surface area contributed by atoms with E-state index < -0.39 is 0 Å². The third kappa shape index (κ3) is 3.18. The summed E-state index contributed by atoms with van der Waals surface area (Å²) in [6, 6.07) is 13.8. The molecule has 1 atom stereocenters. The monoisotopic (exact) mass is 379 g/mol. The fraction of sp³-hybridized carbons (Fsp3) is 0.333. The van der Waals surface area contributed by atoms with Crippen molar-refractivity contribution in [1.29, 1.82) is 0 Å². The van der Waals surface area contributed by atoms with Crippen molar-refractivity contribution in [2.24, 2.45) is 0 Å². The van der Waals surface area contributed by atoms with Crippen LogP contribution in [-0.2, 0) is 6.54 Å². The highest BCUT2D eigenvalue weighted by atomic mass is 16.7. The van der Waals surface area contributed by atoms with Gasteiger partial charge in [0, 0.05) is 13.1 Å². The molecule has 1 saturated heterocycles. The maximum absolute atomic E-state index is 5.99. The van der Waals surface area contributed by atoms with Crippen LogP contribution < -0.4 is 14.2 Å². The van der Waals surface area contributed by atoms with E-state index in [1.807, 2.05) is 30.3 Å². The molecule has 1 aromatic heterocycles. The molecule has 144 valence electrons. The quantitative estimate of drug-likeness (QED) is 0.672. The lowest BCUT2D eigenvalue weighted by Gasteiger charge is -2.15. The summed E-state index contributed by atoms with van der Waals surface area (Å²) in [4.78, 5) is 2.40. The fourth-order valence-corrected chi connectivity index (χ4v) is 3.81. The average molecular weight is 379 g/mol. The lowest BCUT2D eigenvalue weighted by molar-refractivity contribution is 0.174. The highest BCUT2D eigenvalue weighted by Crippen LogP contribution is 2.35. The van der Waals surface area contributed by atoms with Gasteiger partial charge in [-0.25, -0.2) is 0 Å². The Morgan fingerprint density at radius 2 is 2.00 bits per heavy atom. The van der Waals surface area contributed by atoms with Gasteiger partial charge in [-0.2, -0.15) is 0 Å². The van der Waals surface area contributed by atoms with Crippen LogP contribution in [0, 0.1) is 0 Å². The molecule has 5 rings (SSSR count). The molecule has 28 heavy (non-hydrogen) atoms. The zero-order chi connectivity index (χ0) is 18.9. The number of ether oxygens (including phenoxy) is 3. The number of para-hydroxylation sites is 1. The van der Waals surface area contributed by atoms with Crippen molar-refractivity contribution >= 4 is 0 Å². The Morgan fingerprint density at radius 3 is 2.93 bits per heavy atom. The van der Waals surface area contributed by atoms with E-state index in [-0.39, 0.29) is 5.92 Å². The summed E-state index contributed by atoms with van der Waals surface area (Å²) in [5, 5.41) is 8.55. The second-order valence-corrected chi connectivity index (χ2v) is 7.05. The predicted octanol–water partition coefficient (Wildman–Crippen LogP) is 3.46. The van der Waals surface area contributed by atoms with Crippen molar-refractivity contribution < 1.29 is 18.6 Å². The number of hydrogen-bond acceptors (Lipinski definition) is 7. The van der Waals surface area contributed by atoms with Crippen LogP contribution >= 0.6 is 0 Å². The maximum Gasteiger partial charge on any atom is 0.251 e. The van der Waals surface area contributed by atoms with Crippen LogP contribution in [0.5, 0.6) is 17.2 Å². The first-order valence-electron chi connectivity index (χ1n) is 9.38. The first-order chi connectivity index (χ1) is 13.8. The van der Waals surface area contributed by atoms with Gasteiger partial charge < -0.3 is 18.6 Å². The number of likely N-dealkylation sites (tertiary alicyclic amines) is 1. The summed E-state index contributed by atoms with van der Waals surface area (Å²) in [6.45, 7) is 3.05. The summed E-state index contributed by atoms with van der Waals surface area (Å²) in [5.41, 5.74) is 2.03. The van der Waals surface area contributed by atoms with Gasteiger partial charge in [-0.15, -0.1) is 10.2 Å². The molecule has 0 aliphatic carbocycles. The van der Waals surface area contributed by atoms with Crippen LogP contribution in [0.1, 0.15) is 23.8 Å². The van der Waals surface area contributed by atoms with Crippen molar-refractivity contribution in [3.8, 4) is 28.7 Å². The molecule has 7 heteroatoms. The smallest absolute Gasteiger partial charge is 0.251 e. The van der Waals surface area contributed by atoms with Crippen molar-refractivity contribution in [2.75, 3.05) is 27.0 Å². The van der Waals surface area contributed by atoms with Gasteiger partial charge in [0.15, 0.2) is 11.5 Å². The lowest BCUT2D eigenvalue weighted by Crippen LogP contribution is -2.19. The van der Waals surface area contributed by atoms with Gasteiger partial charge in [-0.3, -0.25) is 4.90 Å². The summed E-state index contributed by atoms with van der Waals surface area (Å²) >= 11 is 0. The van der Waals surface area contributed by atoms with Gasteiger partial charge in [0.2, 0.25) is 12.7 Å². The van der Waals surface area contributed by atoms with E-state index in [0.29, 0.717) is 18.6 Å². The van der Waals surface area contributed by atoms with Crippen molar-refractivity contribution in [3.63, 3.8) is 0 Å². The van der Waals surface area contributed by atoms with Gasteiger partial charge in [0.25, 0.3) is 5.89 Å². The van der Waals surface area contributed by atoms with E-state index in [1.165, 1.54) is 5.56 Å². The largest absolute Gasteiger partial charge is 0.496 e. The van der Waals surface area contributed by atoms with Gasteiger partial charge in [-0.05, 0) is 42.8 Å². The molecule has 0 amide bonds. The van der Waals surface area contributed by atoms with Crippen LogP contribution in [0.15, 0.2) is 46.9 Å². The minimum atomic E-state index is 0.241. The molecule has 0 spiro atoms. The molecular weight excluding hydrogens is 358 g/mol. The molecule has 1 fully saturated rings. The molecule has 3 heterocycles. The number of rotatable bonds is 5. The Hall–Kier alpha value is -3.06. The SMILES string of the molecule is COc1ccccc1-c1nnc(C2CCN(Cc3ccc4c(c3)OCO4)C2)o1. The fourth-order valence-electron chi connectivity index (χ4n) is 3.81. The standard InChI is InChI=1S/C21H21N3O4/c1-25-17-5-3-2-4-16(17)21-23-22-20(28-21)15-8-9-24(12-15)11-14-6-7-18-19(10-14)27-13-26-18/h2-7,10,15H,8-9,11-13H2,1H3. The number of hydrogen-bond donors (Lipinski definition) is 0. The normalized spacial score (nSPS) is 18.5. The Morgan fingerprint density at radius 1 is 1.11 bits per heavy atom. The van der Waals surface area contributed by atoms with E-state index in [2.05, 4.69) is 27.2 Å². The van der Waals surface area contributed by atoms with Crippen LogP contribution in [-0.4, -0.2) is 42.1 Å². The summed E-state index contributed by atoms with van der Waals surface area (Å²) in [7, 11) is 1.64. The molecule has 2 aliphatic rings. The Bertz CT molecular complexity index is 987. The Kier molecular flexibility index (Phi) is 4.37. The zero-order valence-electron chi connectivity index (χ0n) is 15.6. The summed E-state index contributed by atoms with van der Waals surface area (Å²) in [6.07, 6.45) is 0.998. The molecule has 2 aliphatic heterocycles. The molecule has 7 nitrogen and oxygen atoms in total. The Labute approximate surface area is 162 Å². The van der Waals surface area contributed by atoms with E-state index >= 15 is 0 Å². The third-order valence-corrected chi connectivity index (χ3v) is 5.24. The predicted molar refractivity (Wildman–Crippen MR) is 101 cm³/mol. The van der Waals surface area contributed by atoms with E-state index in [9.17, 15) is 0 Å². The minimum Gasteiger partial charge on any atom is -0.496 e. The first kappa shape index (κ1) is 17.1. The number of aromatic nitrogens is 2. The van der Waals surface area contributed by atoms with E-state index in [0.717, 1.165) is 48.9 Å². The number of fused-ring (bicyclic) bond motifs is 1. The van der Waals surface area contributed by atoms with Crippen molar-refractivity contribution in [3.05, 3.63) is 53.9 Å². The molecule has 0 saturated carbocycles. The number of methoxy groups -OCH3 is 1. The Balaban J connectivity index is 1.27. The topological polar surface area (TPSA) is 69.9 Å². The van der Waals surface area contributed by atoms with Crippen LogP contribution in [0.25, 0.3) is 11.5 Å². The van der Waals surface area contributed by atoms with Crippen LogP contribution in [0.4, 0.5) is 0 Å². The second kappa shape index (κ2) is 7.16. The van der Waals surface area contributed by atoms with Crippen LogP contribution in [0.2, 0.25) is 0 Å². The number of benzene rings is 2. The van der Waals surface area contributed by atoms with Crippen LogP contribution in [0.3, 0.4) is 0 Å². The van der Waals surface area contributed by atoms with Gasteiger partial charge in [0.1, 0.15) is 5.75 Å². The summed E-state index contributed by atoms with van der Waals surface area (Å²) < 4.78 is 22.2. The molecule has 0 radical (unpaired) electrons. The molecule has 2 aromatic carbocycles. The third-order valence-electron chi connectivity index (χ3n) is 5.24. The molecule has 0 bridgehead atoms. The van der Waals surface area contributed by atoms with Gasteiger partial charge in [-0.1, -0.05) is 18.2 Å². The summed E-state index contributed by atoms with van der Waals surface area (Å²) in [5.74, 6) is 3.80. The zero-order valence-corrected chi connectivity index (χ0v) is 15.6. The molecule has 1 unspecified atom stereocenters. The van der Waals surface area contributed by atoms with E-state index in [4.69, 9.17) is 18.6 Å². The van der Waals surface area contributed by atoms with Crippen molar-refractivity contribution in [2.45, 2.75) is 18.9 Å². The van der Waals surface area contributed by atoms with E-state index in [1.54, 1.807) is 7.11 Å². The highest BCUT2D eigenvalue weighted by Gasteiger charge is 2.29. The number of nitrogens with zero attached hydrogens (tertiary/aromatic N) is 3. The second-order valence-electron chi connectivity index (χ2n) is 7.05. The lowest BCUT2D eigenvalue weighted by atomic mass is 10.1.